The van der Waals surface area contributed by atoms with Gasteiger partial charge in [-0.2, -0.15) is 0 Å². The topological polar surface area (TPSA) is 84.3 Å². The number of nitro groups is 1. The second-order valence-corrected chi connectivity index (χ2v) is 5.79. The van der Waals surface area contributed by atoms with Gasteiger partial charge in [0.25, 0.3) is 11.6 Å². The number of hydrogen-bond donors (Lipinski definition) is 2. The van der Waals surface area contributed by atoms with Crippen molar-refractivity contribution in [3.05, 3.63) is 68.8 Å². The van der Waals surface area contributed by atoms with E-state index in [1.165, 1.54) is 25.1 Å². The Labute approximate surface area is 145 Å². The maximum absolute atomic E-state index is 12.3. The van der Waals surface area contributed by atoms with E-state index in [0.717, 1.165) is 16.8 Å². The van der Waals surface area contributed by atoms with Gasteiger partial charge in [-0.25, -0.2) is 0 Å². The van der Waals surface area contributed by atoms with E-state index in [4.69, 9.17) is 12.2 Å². The van der Waals surface area contributed by atoms with Crippen LogP contribution in [0.4, 0.5) is 11.4 Å². The molecule has 0 saturated heterocycles. The highest BCUT2D eigenvalue weighted by atomic mass is 32.1. The fourth-order valence-electron chi connectivity index (χ4n) is 2.39. The van der Waals surface area contributed by atoms with Gasteiger partial charge in [-0.3, -0.25) is 20.2 Å². The molecular weight excluding hydrogens is 326 g/mol. The maximum Gasteiger partial charge on any atom is 0.273 e. The monoisotopic (exact) mass is 343 g/mol. The standard InChI is InChI=1S/C17H17N3O3S/c1-10-6-4-7-11(2)15(10)18-17(24)19-16(21)13-8-5-9-14(12(13)3)20(22)23/h4-9H,1-3H3,(H2,18,19,21,24). The lowest BCUT2D eigenvalue weighted by molar-refractivity contribution is -0.385. The Morgan fingerprint density at radius 1 is 1.08 bits per heavy atom. The molecule has 124 valence electrons. The zero-order chi connectivity index (χ0) is 17.9. The van der Waals surface area contributed by atoms with Crippen LogP contribution >= 0.6 is 12.2 Å². The summed E-state index contributed by atoms with van der Waals surface area (Å²) in [7, 11) is 0. The van der Waals surface area contributed by atoms with Gasteiger partial charge < -0.3 is 5.32 Å². The Kier molecular flexibility index (Phi) is 5.25. The molecule has 0 radical (unpaired) electrons. The first-order valence-corrected chi connectivity index (χ1v) is 7.64. The van der Waals surface area contributed by atoms with E-state index in [0.29, 0.717) is 5.56 Å². The van der Waals surface area contributed by atoms with Gasteiger partial charge in [0.2, 0.25) is 0 Å². The van der Waals surface area contributed by atoms with Crippen molar-refractivity contribution >= 4 is 34.6 Å². The van der Waals surface area contributed by atoms with Crippen LogP contribution < -0.4 is 10.6 Å². The molecule has 0 heterocycles. The number of benzene rings is 2. The first-order valence-electron chi connectivity index (χ1n) is 7.24. The number of amides is 1. The second-order valence-electron chi connectivity index (χ2n) is 5.38. The number of rotatable bonds is 3. The minimum atomic E-state index is -0.515. The molecule has 0 unspecified atom stereocenters. The van der Waals surface area contributed by atoms with Crippen molar-refractivity contribution in [2.24, 2.45) is 0 Å². The molecule has 7 heteroatoms. The second kappa shape index (κ2) is 7.18. The van der Waals surface area contributed by atoms with Crippen LogP contribution in [0, 0.1) is 30.9 Å². The van der Waals surface area contributed by atoms with Crippen molar-refractivity contribution in [2.45, 2.75) is 20.8 Å². The third-order valence-corrected chi connectivity index (χ3v) is 3.90. The predicted octanol–water partition coefficient (Wildman–Crippen LogP) is 3.65. The van der Waals surface area contributed by atoms with Gasteiger partial charge in [0, 0.05) is 22.9 Å². The van der Waals surface area contributed by atoms with E-state index in [9.17, 15) is 14.9 Å². The minimum absolute atomic E-state index is 0.101. The number of hydrogen-bond acceptors (Lipinski definition) is 4. The van der Waals surface area contributed by atoms with Crippen molar-refractivity contribution in [2.75, 3.05) is 5.32 Å². The third kappa shape index (κ3) is 3.75. The summed E-state index contributed by atoms with van der Waals surface area (Å²) in [5.41, 5.74) is 3.25. The molecule has 2 aromatic rings. The molecule has 0 aromatic heterocycles. The molecule has 1 amide bonds. The molecule has 0 bridgehead atoms. The minimum Gasteiger partial charge on any atom is -0.332 e. The number of carbonyl (C=O) groups excluding carboxylic acids is 1. The van der Waals surface area contributed by atoms with Gasteiger partial charge in [-0.15, -0.1) is 0 Å². The summed E-state index contributed by atoms with van der Waals surface area (Å²) in [5.74, 6) is -0.486. The summed E-state index contributed by atoms with van der Waals surface area (Å²) < 4.78 is 0. The van der Waals surface area contributed by atoms with Crippen LogP contribution in [-0.2, 0) is 0 Å². The molecule has 2 N–H and O–H groups in total. The summed E-state index contributed by atoms with van der Waals surface area (Å²) in [4.78, 5) is 22.8. The Balaban J connectivity index is 2.17. The Morgan fingerprint density at radius 3 is 2.25 bits per heavy atom. The molecule has 0 aliphatic heterocycles. The largest absolute Gasteiger partial charge is 0.332 e. The molecule has 24 heavy (non-hydrogen) atoms. The molecule has 2 aromatic carbocycles. The van der Waals surface area contributed by atoms with Crippen LogP contribution in [0.5, 0.6) is 0 Å². The van der Waals surface area contributed by atoms with Gasteiger partial charge in [0.05, 0.1) is 4.92 Å². The maximum atomic E-state index is 12.3. The molecule has 0 aliphatic carbocycles. The number of aryl methyl sites for hydroxylation is 2. The number of nitrogens with one attached hydrogen (secondary N) is 2. The molecule has 0 saturated carbocycles. The molecule has 0 spiro atoms. The lowest BCUT2D eigenvalue weighted by Crippen LogP contribution is -2.35. The van der Waals surface area contributed by atoms with Crippen molar-refractivity contribution in [3.63, 3.8) is 0 Å². The normalized spacial score (nSPS) is 10.1. The number of para-hydroxylation sites is 1. The van der Waals surface area contributed by atoms with E-state index in [2.05, 4.69) is 10.6 Å². The van der Waals surface area contributed by atoms with Crippen molar-refractivity contribution < 1.29 is 9.72 Å². The lowest BCUT2D eigenvalue weighted by atomic mass is 10.1. The molecule has 0 atom stereocenters. The zero-order valence-electron chi connectivity index (χ0n) is 13.5. The first kappa shape index (κ1) is 17.6. The van der Waals surface area contributed by atoms with E-state index in [1.54, 1.807) is 0 Å². The van der Waals surface area contributed by atoms with E-state index >= 15 is 0 Å². The van der Waals surface area contributed by atoms with Gasteiger partial charge in [-0.1, -0.05) is 24.3 Å². The average Bonchev–Trinajstić information content (AvgIpc) is 2.50. The molecular formula is C17H17N3O3S. The van der Waals surface area contributed by atoms with Crippen molar-refractivity contribution in [1.29, 1.82) is 0 Å². The lowest BCUT2D eigenvalue weighted by Gasteiger charge is -2.14. The quantitative estimate of drug-likeness (QED) is 0.505. The predicted molar refractivity (Wildman–Crippen MR) is 97.4 cm³/mol. The van der Waals surface area contributed by atoms with Gasteiger partial charge in [0.15, 0.2) is 5.11 Å². The first-order chi connectivity index (χ1) is 11.3. The van der Waals surface area contributed by atoms with Crippen LogP contribution in [-0.4, -0.2) is 15.9 Å². The van der Waals surface area contributed by atoms with E-state index < -0.39 is 10.8 Å². The SMILES string of the molecule is Cc1cccc(C)c1NC(=S)NC(=O)c1cccc([N+](=O)[O-])c1C. The van der Waals surface area contributed by atoms with Crippen molar-refractivity contribution in [3.8, 4) is 0 Å². The van der Waals surface area contributed by atoms with Gasteiger partial charge in [-0.05, 0) is 50.2 Å². The summed E-state index contributed by atoms with van der Waals surface area (Å²) in [6, 6.07) is 10.2. The van der Waals surface area contributed by atoms with Crippen LogP contribution in [0.15, 0.2) is 36.4 Å². The highest BCUT2D eigenvalue weighted by molar-refractivity contribution is 7.80. The highest BCUT2D eigenvalue weighted by Gasteiger charge is 2.18. The molecule has 0 aliphatic rings. The number of thiocarbonyl (C=S) groups is 1. The number of anilines is 1. The van der Waals surface area contributed by atoms with Crippen LogP contribution in [0.3, 0.4) is 0 Å². The van der Waals surface area contributed by atoms with Gasteiger partial charge >= 0.3 is 0 Å². The van der Waals surface area contributed by atoms with E-state index in [-0.39, 0.29) is 16.4 Å². The summed E-state index contributed by atoms with van der Waals surface area (Å²) in [5, 5.41) is 16.7. The number of carbonyl (C=O) groups is 1. The van der Waals surface area contributed by atoms with Crippen molar-refractivity contribution in [1.82, 2.24) is 5.32 Å². The summed E-state index contributed by atoms with van der Waals surface area (Å²) in [6.07, 6.45) is 0. The average molecular weight is 343 g/mol. The Hall–Kier alpha value is -2.80. The van der Waals surface area contributed by atoms with Gasteiger partial charge in [0.1, 0.15) is 0 Å². The zero-order valence-corrected chi connectivity index (χ0v) is 14.4. The molecule has 0 fully saturated rings. The van der Waals surface area contributed by atoms with Crippen LogP contribution in [0.25, 0.3) is 0 Å². The summed E-state index contributed by atoms with van der Waals surface area (Å²) in [6.45, 7) is 5.41. The smallest absolute Gasteiger partial charge is 0.273 e. The summed E-state index contributed by atoms with van der Waals surface area (Å²) >= 11 is 5.18. The number of nitro benzene ring substituents is 1. The van der Waals surface area contributed by atoms with Crippen LogP contribution in [0.2, 0.25) is 0 Å². The third-order valence-electron chi connectivity index (χ3n) is 3.69. The van der Waals surface area contributed by atoms with E-state index in [1.807, 2.05) is 32.0 Å². The Bertz CT molecular complexity index is 814. The number of nitrogens with zero attached hydrogens (tertiary/aromatic N) is 1. The molecule has 2 rings (SSSR count). The fraction of sp³-hybridized carbons (Fsp3) is 0.176. The fourth-order valence-corrected chi connectivity index (χ4v) is 2.59. The molecule has 6 nitrogen and oxygen atoms in total. The Morgan fingerprint density at radius 2 is 1.67 bits per heavy atom. The van der Waals surface area contributed by atoms with Crippen LogP contribution in [0.1, 0.15) is 27.0 Å². The highest BCUT2D eigenvalue weighted by Crippen LogP contribution is 2.21.